The highest BCUT2D eigenvalue weighted by Crippen LogP contribution is 2.33. The first-order valence-corrected chi connectivity index (χ1v) is 4.39. The maximum atomic E-state index is 11.2. The van der Waals surface area contributed by atoms with Crippen LogP contribution in [0.25, 0.3) is 0 Å². The minimum atomic E-state index is -0.511. The maximum Gasteiger partial charge on any atom is 0.237 e. The van der Waals surface area contributed by atoms with Crippen molar-refractivity contribution in [3.8, 4) is 6.07 Å². The first kappa shape index (κ1) is 9.05. The summed E-state index contributed by atoms with van der Waals surface area (Å²) >= 11 is 0. The van der Waals surface area contributed by atoms with Crippen LogP contribution in [0.4, 0.5) is 0 Å². The van der Waals surface area contributed by atoms with Crippen molar-refractivity contribution in [3.05, 3.63) is 0 Å². The molecule has 0 aliphatic heterocycles. The van der Waals surface area contributed by atoms with Crippen molar-refractivity contribution in [1.82, 2.24) is 5.32 Å². The average Bonchev–Trinajstić information content (AvgIpc) is 2.81. The monoisotopic (exact) mass is 166 g/mol. The van der Waals surface area contributed by atoms with Gasteiger partial charge in [0.2, 0.25) is 5.91 Å². The molecule has 3 atom stereocenters. The number of nitrogens with one attached hydrogen (secondary N) is 1. The van der Waals surface area contributed by atoms with Gasteiger partial charge in [-0.05, 0) is 19.3 Å². The molecule has 1 aliphatic carbocycles. The molecule has 0 spiro atoms. The second kappa shape index (κ2) is 3.57. The van der Waals surface area contributed by atoms with Gasteiger partial charge in [-0.2, -0.15) is 5.26 Å². The molecule has 1 rings (SSSR count). The van der Waals surface area contributed by atoms with Gasteiger partial charge in [-0.1, -0.05) is 13.3 Å². The number of carbonyl (C=O) groups is 1. The number of rotatable bonds is 3. The van der Waals surface area contributed by atoms with Gasteiger partial charge in [-0.25, -0.2) is 0 Å². The summed E-state index contributed by atoms with van der Waals surface area (Å²) in [5.41, 5.74) is 0. The SMILES string of the molecule is CCC1CC1NC(=O)C(C)C#N. The smallest absolute Gasteiger partial charge is 0.237 e. The Hall–Kier alpha value is -1.04. The second-order valence-corrected chi connectivity index (χ2v) is 3.37. The first-order valence-electron chi connectivity index (χ1n) is 4.39. The van der Waals surface area contributed by atoms with E-state index in [2.05, 4.69) is 12.2 Å². The molecule has 3 unspecified atom stereocenters. The highest BCUT2D eigenvalue weighted by atomic mass is 16.1. The fourth-order valence-electron chi connectivity index (χ4n) is 1.24. The molecule has 1 amide bonds. The van der Waals surface area contributed by atoms with Gasteiger partial charge in [0, 0.05) is 6.04 Å². The van der Waals surface area contributed by atoms with Gasteiger partial charge in [0.25, 0.3) is 0 Å². The quantitative estimate of drug-likeness (QED) is 0.681. The summed E-state index contributed by atoms with van der Waals surface area (Å²) in [6.45, 7) is 3.74. The number of hydrogen-bond acceptors (Lipinski definition) is 2. The van der Waals surface area contributed by atoms with Crippen LogP contribution >= 0.6 is 0 Å². The van der Waals surface area contributed by atoms with Crippen LogP contribution in [0.1, 0.15) is 26.7 Å². The van der Waals surface area contributed by atoms with Crippen LogP contribution in [-0.2, 0) is 4.79 Å². The van der Waals surface area contributed by atoms with E-state index in [4.69, 9.17) is 5.26 Å². The van der Waals surface area contributed by atoms with Gasteiger partial charge in [-0.3, -0.25) is 4.79 Å². The maximum absolute atomic E-state index is 11.2. The van der Waals surface area contributed by atoms with Crippen LogP contribution in [0, 0.1) is 23.2 Å². The molecule has 1 aliphatic rings. The third-order valence-electron chi connectivity index (χ3n) is 2.36. The zero-order chi connectivity index (χ0) is 9.14. The van der Waals surface area contributed by atoms with Crippen molar-refractivity contribution in [3.63, 3.8) is 0 Å². The third kappa shape index (κ3) is 1.97. The van der Waals surface area contributed by atoms with Crippen molar-refractivity contribution in [2.45, 2.75) is 32.7 Å². The predicted octanol–water partition coefficient (Wildman–Crippen LogP) is 1.06. The summed E-state index contributed by atoms with van der Waals surface area (Å²) in [4.78, 5) is 11.2. The molecule has 3 heteroatoms. The average molecular weight is 166 g/mol. The van der Waals surface area contributed by atoms with Crippen LogP contribution < -0.4 is 5.32 Å². The third-order valence-corrected chi connectivity index (χ3v) is 2.36. The van der Waals surface area contributed by atoms with E-state index in [0.29, 0.717) is 12.0 Å². The Morgan fingerprint density at radius 2 is 2.50 bits per heavy atom. The van der Waals surface area contributed by atoms with Gasteiger partial charge in [-0.15, -0.1) is 0 Å². The number of nitriles is 1. The van der Waals surface area contributed by atoms with Crippen molar-refractivity contribution in [2.24, 2.45) is 11.8 Å². The molecule has 66 valence electrons. The van der Waals surface area contributed by atoms with Gasteiger partial charge < -0.3 is 5.32 Å². The first-order chi connectivity index (χ1) is 5.69. The van der Waals surface area contributed by atoms with E-state index >= 15 is 0 Å². The molecule has 1 saturated carbocycles. The molecule has 0 aromatic carbocycles. The molecule has 12 heavy (non-hydrogen) atoms. The van der Waals surface area contributed by atoms with Crippen molar-refractivity contribution in [1.29, 1.82) is 5.26 Å². The van der Waals surface area contributed by atoms with Gasteiger partial charge in [0.1, 0.15) is 5.92 Å². The molecule has 0 radical (unpaired) electrons. The highest BCUT2D eigenvalue weighted by molar-refractivity contribution is 5.81. The molecular weight excluding hydrogens is 152 g/mol. The fourth-order valence-corrected chi connectivity index (χ4v) is 1.24. The predicted molar refractivity (Wildman–Crippen MR) is 45.1 cm³/mol. The Kier molecular flexibility index (Phi) is 2.69. The van der Waals surface area contributed by atoms with E-state index in [-0.39, 0.29) is 5.91 Å². The van der Waals surface area contributed by atoms with Gasteiger partial charge >= 0.3 is 0 Å². The van der Waals surface area contributed by atoms with E-state index in [0.717, 1.165) is 12.8 Å². The molecule has 1 N–H and O–H groups in total. The Morgan fingerprint density at radius 3 is 2.92 bits per heavy atom. The largest absolute Gasteiger partial charge is 0.352 e. The van der Waals surface area contributed by atoms with Crippen LogP contribution in [-0.4, -0.2) is 11.9 Å². The van der Waals surface area contributed by atoms with E-state index in [1.165, 1.54) is 0 Å². The lowest BCUT2D eigenvalue weighted by atomic mass is 10.2. The summed E-state index contributed by atoms with van der Waals surface area (Å²) in [7, 11) is 0. The second-order valence-electron chi connectivity index (χ2n) is 3.37. The van der Waals surface area contributed by atoms with Crippen LogP contribution in [0.15, 0.2) is 0 Å². The van der Waals surface area contributed by atoms with Crippen LogP contribution in [0.3, 0.4) is 0 Å². The number of carbonyl (C=O) groups excluding carboxylic acids is 1. The minimum absolute atomic E-state index is 0.126. The highest BCUT2D eigenvalue weighted by Gasteiger charge is 2.37. The zero-order valence-corrected chi connectivity index (χ0v) is 7.50. The molecule has 0 bridgehead atoms. The summed E-state index contributed by atoms with van der Waals surface area (Å²) in [5.74, 6) is 0.0152. The van der Waals surface area contributed by atoms with Gasteiger partial charge in [0.05, 0.1) is 6.07 Å². The van der Waals surface area contributed by atoms with Crippen molar-refractivity contribution >= 4 is 5.91 Å². The molecule has 0 aromatic rings. The normalized spacial score (nSPS) is 28.8. The van der Waals surface area contributed by atoms with Gasteiger partial charge in [0.15, 0.2) is 0 Å². The zero-order valence-electron chi connectivity index (χ0n) is 7.50. The summed E-state index contributed by atoms with van der Waals surface area (Å²) < 4.78 is 0. The Balaban J connectivity index is 2.25. The van der Waals surface area contributed by atoms with Crippen molar-refractivity contribution in [2.75, 3.05) is 0 Å². The molecule has 0 aromatic heterocycles. The van der Waals surface area contributed by atoms with E-state index in [1.807, 2.05) is 6.07 Å². The molecular formula is C9H14N2O. The molecule has 3 nitrogen and oxygen atoms in total. The fraction of sp³-hybridized carbons (Fsp3) is 0.778. The summed E-state index contributed by atoms with van der Waals surface area (Å²) in [5, 5.41) is 11.3. The van der Waals surface area contributed by atoms with Crippen LogP contribution in [0.2, 0.25) is 0 Å². The Labute approximate surface area is 72.8 Å². The lowest BCUT2D eigenvalue weighted by Gasteiger charge is -2.04. The summed E-state index contributed by atoms with van der Waals surface area (Å²) in [6, 6.07) is 2.26. The van der Waals surface area contributed by atoms with E-state index in [1.54, 1.807) is 6.92 Å². The Morgan fingerprint density at radius 1 is 1.83 bits per heavy atom. The lowest BCUT2D eigenvalue weighted by Crippen LogP contribution is -2.31. The van der Waals surface area contributed by atoms with Crippen LogP contribution in [0.5, 0.6) is 0 Å². The standard InChI is InChI=1S/C9H14N2O/c1-3-7-4-8(7)11-9(12)6(2)5-10/h6-8H,3-4H2,1-2H3,(H,11,12). The Bertz CT molecular complexity index is 219. The summed E-state index contributed by atoms with van der Waals surface area (Å²) in [6.07, 6.45) is 2.20. The van der Waals surface area contributed by atoms with E-state index in [9.17, 15) is 4.79 Å². The van der Waals surface area contributed by atoms with E-state index < -0.39 is 5.92 Å². The lowest BCUT2D eigenvalue weighted by molar-refractivity contribution is -0.123. The van der Waals surface area contributed by atoms with Crippen molar-refractivity contribution < 1.29 is 4.79 Å². The molecule has 0 heterocycles. The molecule has 1 fully saturated rings. The topological polar surface area (TPSA) is 52.9 Å². The number of hydrogen-bond donors (Lipinski definition) is 1. The minimum Gasteiger partial charge on any atom is -0.352 e. The number of amides is 1. The number of nitrogens with zero attached hydrogens (tertiary/aromatic N) is 1. The molecule has 0 saturated heterocycles.